The normalized spacial score (nSPS) is 23.9. The van der Waals surface area contributed by atoms with Crippen molar-refractivity contribution in [3.63, 3.8) is 0 Å². The quantitative estimate of drug-likeness (QED) is 0.103. The number of nitrogens with one attached hydrogen (secondary N) is 1. The fourth-order valence-electron chi connectivity index (χ4n) is 11.2. The second kappa shape index (κ2) is 20.5. The number of phenolic OH excluding ortho intramolecular Hbond substituents is 2. The van der Waals surface area contributed by atoms with Crippen molar-refractivity contribution < 1.29 is 47.6 Å². The van der Waals surface area contributed by atoms with Crippen LogP contribution in [0.2, 0.25) is 17.6 Å². The first-order chi connectivity index (χ1) is 31.9. The number of ether oxygens (including phenoxy) is 5. The van der Waals surface area contributed by atoms with Crippen LogP contribution in [0, 0.1) is 25.8 Å². The molecule has 3 aromatic rings. The van der Waals surface area contributed by atoms with Gasteiger partial charge in [0.2, 0.25) is 0 Å². The van der Waals surface area contributed by atoms with E-state index < -0.39 is 39.7 Å². The summed E-state index contributed by atoms with van der Waals surface area (Å²) in [5.74, 6) is 2.02. The second-order valence-corrected chi connectivity index (χ2v) is 25.6. The van der Waals surface area contributed by atoms with Gasteiger partial charge in [-0.05, 0) is 62.4 Å². The maximum atomic E-state index is 12.4. The number of hydrogen-bond donors (Lipinski definition) is 3. The summed E-state index contributed by atoms with van der Waals surface area (Å²) in [6.07, 6.45) is 0.978. The molecule has 0 spiro atoms. The van der Waals surface area contributed by atoms with Crippen molar-refractivity contribution in [1.82, 2.24) is 15.1 Å². The number of morpholine rings is 1. The maximum Gasteiger partial charge on any atom is 0.493 e. The van der Waals surface area contributed by atoms with Gasteiger partial charge in [-0.1, -0.05) is 65.8 Å². The number of fused-ring (bicyclic) bond motifs is 2. The van der Waals surface area contributed by atoms with Crippen LogP contribution in [0.1, 0.15) is 99.0 Å². The van der Waals surface area contributed by atoms with E-state index in [-0.39, 0.29) is 29.1 Å². The monoisotopic (exact) mass is 943 g/mol. The highest BCUT2D eigenvalue weighted by Crippen LogP contribution is 2.55. The summed E-state index contributed by atoms with van der Waals surface area (Å²) in [5, 5.41) is 28.5. The second-order valence-electron chi connectivity index (χ2n) is 20.6. The van der Waals surface area contributed by atoms with E-state index in [1.165, 1.54) is 0 Å². The van der Waals surface area contributed by atoms with Gasteiger partial charge in [0.25, 0.3) is 6.17 Å². The smallest absolute Gasteiger partial charge is 0.493 e. The fourth-order valence-corrected chi connectivity index (χ4v) is 13.7. The molecule has 0 bridgehead atoms. The summed E-state index contributed by atoms with van der Waals surface area (Å²) in [4.78, 5) is 8.96. The minimum Gasteiger partial charge on any atom is -0.504 e. The van der Waals surface area contributed by atoms with Gasteiger partial charge in [0.1, 0.15) is 17.5 Å². The molecule has 2 saturated heterocycles. The van der Waals surface area contributed by atoms with Crippen molar-refractivity contribution in [2.45, 2.75) is 129 Å². The van der Waals surface area contributed by atoms with Crippen LogP contribution in [0.4, 0.5) is 0 Å². The highest BCUT2D eigenvalue weighted by molar-refractivity contribution is 6.75. The van der Waals surface area contributed by atoms with Gasteiger partial charge in [0.05, 0.1) is 53.2 Å². The Hall–Kier alpha value is -4.05. The van der Waals surface area contributed by atoms with Gasteiger partial charge >= 0.3 is 7.12 Å². The van der Waals surface area contributed by atoms with Gasteiger partial charge in [-0.3, -0.25) is 9.74 Å². The molecule has 3 aromatic carbocycles. The van der Waals surface area contributed by atoms with Crippen LogP contribution in [-0.4, -0.2) is 135 Å². The molecule has 4 unspecified atom stereocenters. The molecule has 0 aliphatic carbocycles. The summed E-state index contributed by atoms with van der Waals surface area (Å²) < 4.78 is 49.5. The molecule has 67 heavy (non-hydrogen) atoms. The van der Waals surface area contributed by atoms with Crippen LogP contribution in [0.3, 0.4) is 0 Å². The molecule has 0 saturated carbocycles. The standard InChI is InChI=1S/C51H75BN4O10Si/c1-29(2)67(15,30(3)4)66-22-20-35-26-56(21-23-63-35)50(53-9)39-25-37-41(45(58)49(62-14)32(6)47(37)60-12)43(55(39)10)38-24-36-40(44(57)48(61-13)31(5)46(36)59-11)42(54-38)33-16-18-34(19-17-33)52-64-27-51(7,8)28-65-52/h16-19,29-30,35,38-39,42-43,50,54,57-58H,20-28H2,1-8,10-15H3/t35-,38?,39?,42-,43?,50?/m0/s1. The number of likely N-dealkylation sites (N-methyl/N-ethyl adjacent to an activating group) is 1. The number of rotatable bonds is 15. The Morgan fingerprint density at radius 3 is 1.96 bits per heavy atom. The first kappa shape index (κ1) is 50.8. The molecule has 6 atom stereocenters. The van der Waals surface area contributed by atoms with Crippen molar-refractivity contribution in [1.29, 1.82) is 0 Å². The fraction of sp³-hybridized carbons (Fsp3) is 0.627. The third kappa shape index (κ3) is 9.52. The Morgan fingerprint density at radius 1 is 0.866 bits per heavy atom. The largest absolute Gasteiger partial charge is 0.504 e. The molecule has 4 aliphatic heterocycles. The third-order valence-corrected chi connectivity index (χ3v) is 20.8. The lowest BCUT2D eigenvalue weighted by molar-refractivity contribution is -0.0599. The van der Waals surface area contributed by atoms with Gasteiger partial charge in [0, 0.05) is 84.2 Å². The molecule has 0 amide bonds. The molecule has 0 aromatic heterocycles. The number of methoxy groups -OCH3 is 4. The molecule has 14 nitrogen and oxygen atoms in total. The third-order valence-electron chi connectivity index (χ3n) is 15.4. The first-order valence-corrected chi connectivity index (χ1v) is 26.5. The molecule has 3 N–H and O–H groups in total. The predicted molar refractivity (Wildman–Crippen MR) is 264 cm³/mol. The zero-order valence-electron chi connectivity index (χ0n) is 42.4. The summed E-state index contributed by atoms with van der Waals surface area (Å²) in [5.41, 5.74) is 7.08. The van der Waals surface area contributed by atoms with Gasteiger partial charge in [-0.15, -0.1) is 0 Å². The Kier molecular flexibility index (Phi) is 15.6. The minimum atomic E-state index is -1.94. The zero-order valence-corrected chi connectivity index (χ0v) is 43.4. The lowest BCUT2D eigenvalue weighted by Crippen LogP contribution is -2.60. The van der Waals surface area contributed by atoms with Crippen molar-refractivity contribution in [3.05, 3.63) is 74.6 Å². The number of benzene rings is 3. The number of aromatic hydroxyl groups is 2. The Bertz CT molecular complexity index is 2270. The van der Waals surface area contributed by atoms with Gasteiger partial charge in [-0.2, -0.15) is 0 Å². The van der Waals surface area contributed by atoms with Crippen molar-refractivity contribution in [2.75, 3.05) is 75.0 Å². The van der Waals surface area contributed by atoms with Crippen LogP contribution in [0.15, 0.2) is 24.3 Å². The average molecular weight is 943 g/mol. The highest BCUT2D eigenvalue weighted by Gasteiger charge is 2.51. The molecule has 4 heterocycles. The molecule has 16 heteroatoms. The maximum absolute atomic E-state index is 12.4. The Morgan fingerprint density at radius 2 is 1.42 bits per heavy atom. The minimum absolute atomic E-state index is 0.0369. The van der Waals surface area contributed by atoms with E-state index in [9.17, 15) is 10.2 Å². The summed E-state index contributed by atoms with van der Waals surface area (Å²) >= 11 is 0. The number of phenols is 2. The first-order valence-electron chi connectivity index (χ1n) is 24.0. The van der Waals surface area contributed by atoms with E-state index >= 15 is 0 Å². The van der Waals surface area contributed by atoms with Gasteiger partial charge in [-0.25, -0.2) is 11.5 Å². The number of nitrogens with zero attached hydrogens (tertiary/aromatic N) is 3. The van der Waals surface area contributed by atoms with Gasteiger partial charge < -0.3 is 52.9 Å². The molecule has 366 valence electrons. The van der Waals surface area contributed by atoms with Gasteiger partial charge in [0.15, 0.2) is 31.3 Å². The van der Waals surface area contributed by atoms with Crippen LogP contribution in [-0.2, 0) is 31.3 Å². The number of hydrogen-bond acceptors (Lipinski definition) is 13. The molecular formula is C51H75BN4O10Si. The lowest BCUT2D eigenvalue weighted by atomic mass is 9.74. The Labute approximate surface area is 400 Å². The Balaban J connectivity index is 1.30. The molecule has 0 radical (unpaired) electrons. The van der Waals surface area contributed by atoms with Crippen LogP contribution in [0.25, 0.3) is 4.85 Å². The predicted octanol–water partition coefficient (Wildman–Crippen LogP) is 7.47. The molecule has 4 aliphatic rings. The van der Waals surface area contributed by atoms with E-state index in [0.29, 0.717) is 109 Å². The SMILES string of the molecule is [C-]#[N+]C(C1Cc2c(OC)c(C)c(OC)c(O)c2C(C2Cc3c(OC)c(C)c(OC)c(O)c3[C@H](c3ccc(B4OCC(C)(C)CO4)cc3)N2)N1C)N1CCO[C@@H](CCO[Si](C)(C(C)C)C(C)C)C1. The highest BCUT2D eigenvalue weighted by atomic mass is 28.4. The summed E-state index contributed by atoms with van der Waals surface area (Å²) in [7, 11) is 6.03. The van der Waals surface area contributed by atoms with Crippen molar-refractivity contribution >= 4 is 20.9 Å². The van der Waals surface area contributed by atoms with E-state index in [0.717, 1.165) is 28.6 Å². The molecule has 7 rings (SSSR count). The van der Waals surface area contributed by atoms with Crippen LogP contribution < -0.4 is 29.7 Å². The van der Waals surface area contributed by atoms with E-state index in [2.05, 4.69) is 75.1 Å². The summed E-state index contributed by atoms with van der Waals surface area (Å²) in [6, 6.07) is 6.33. The van der Waals surface area contributed by atoms with E-state index in [1.807, 2.05) is 38.1 Å². The van der Waals surface area contributed by atoms with E-state index in [4.69, 9.17) is 44.0 Å². The van der Waals surface area contributed by atoms with Crippen LogP contribution in [0.5, 0.6) is 34.5 Å². The van der Waals surface area contributed by atoms with E-state index in [1.54, 1.807) is 28.4 Å². The molecule has 2 fully saturated rings. The van der Waals surface area contributed by atoms with Crippen molar-refractivity contribution in [2.24, 2.45) is 5.41 Å². The topological polar surface area (TPSA) is 137 Å². The average Bonchev–Trinajstić information content (AvgIpc) is 3.30. The van der Waals surface area contributed by atoms with Crippen molar-refractivity contribution in [3.8, 4) is 34.5 Å². The lowest BCUT2D eigenvalue weighted by Gasteiger charge is -2.49. The van der Waals surface area contributed by atoms with Crippen LogP contribution >= 0.6 is 0 Å². The summed E-state index contributed by atoms with van der Waals surface area (Å²) in [6.45, 7) is 31.8. The molecular weight excluding hydrogens is 867 g/mol. The zero-order chi connectivity index (χ0) is 48.7.